The van der Waals surface area contributed by atoms with Crippen LogP contribution in [0.1, 0.15) is 16.7 Å². The summed E-state index contributed by atoms with van der Waals surface area (Å²) < 4.78 is 0. The lowest BCUT2D eigenvalue weighted by atomic mass is 9.99. The van der Waals surface area contributed by atoms with Crippen LogP contribution in [0.2, 0.25) is 0 Å². The number of carbonyl (C=O) groups is 2. The molecular weight excluding hydrogens is 302 g/mol. The Bertz CT molecular complexity index is 919. The Morgan fingerprint density at radius 1 is 1.08 bits per heavy atom. The van der Waals surface area contributed by atoms with Gasteiger partial charge < -0.3 is 10.6 Å². The first kappa shape index (κ1) is 15.5. The zero-order valence-corrected chi connectivity index (χ0v) is 13.3. The van der Waals surface area contributed by atoms with Crippen molar-refractivity contribution in [2.24, 2.45) is 0 Å². The number of anilines is 2. The molecule has 1 heterocycles. The summed E-state index contributed by atoms with van der Waals surface area (Å²) in [6.45, 7) is 3.83. The molecule has 0 aliphatic carbocycles. The highest BCUT2D eigenvalue weighted by molar-refractivity contribution is 6.37. The monoisotopic (exact) mass is 317 g/mol. The molecule has 0 unspecified atom stereocenters. The molecule has 2 aromatic rings. The quantitative estimate of drug-likeness (QED) is 0.659. The molecule has 0 atom stereocenters. The topological polar surface area (TPSA) is 82.0 Å². The van der Waals surface area contributed by atoms with Crippen LogP contribution < -0.4 is 10.6 Å². The molecule has 0 saturated heterocycles. The number of hydrogen-bond acceptors (Lipinski definition) is 3. The first-order valence-electron chi connectivity index (χ1n) is 7.44. The van der Waals surface area contributed by atoms with E-state index in [0.29, 0.717) is 16.9 Å². The SMILES string of the molecule is Cc1ccc(NC(=O)/C(C#N)=C2\C(=O)Nc3ccc(C)cc32)cc1. The van der Waals surface area contributed by atoms with Gasteiger partial charge in [0.05, 0.1) is 5.57 Å². The number of nitriles is 1. The maximum absolute atomic E-state index is 12.5. The fraction of sp³-hybridized carbons (Fsp3) is 0.105. The average molecular weight is 317 g/mol. The summed E-state index contributed by atoms with van der Waals surface area (Å²) in [5, 5.41) is 14.8. The fourth-order valence-electron chi connectivity index (χ4n) is 2.58. The summed E-state index contributed by atoms with van der Waals surface area (Å²) in [4.78, 5) is 24.7. The Hall–Kier alpha value is -3.39. The van der Waals surface area contributed by atoms with E-state index < -0.39 is 11.8 Å². The number of hydrogen-bond donors (Lipinski definition) is 2. The smallest absolute Gasteiger partial charge is 0.267 e. The molecule has 1 aliphatic heterocycles. The molecule has 0 fully saturated rings. The van der Waals surface area contributed by atoms with Gasteiger partial charge in [-0.3, -0.25) is 9.59 Å². The number of nitrogens with zero attached hydrogens (tertiary/aromatic N) is 1. The van der Waals surface area contributed by atoms with Gasteiger partial charge in [-0.1, -0.05) is 29.3 Å². The Morgan fingerprint density at radius 3 is 2.42 bits per heavy atom. The standard InChI is InChI=1S/C19H15N3O2/c1-11-3-6-13(7-4-11)21-18(23)15(10-20)17-14-9-12(2)5-8-16(14)22-19(17)24/h3-9H,1-2H3,(H,21,23)(H,22,24)/b17-15-. The highest BCUT2D eigenvalue weighted by Gasteiger charge is 2.30. The number of fused-ring (bicyclic) bond motifs is 1. The van der Waals surface area contributed by atoms with Crippen LogP contribution in [0, 0.1) is 25.2 Å². The number of rotatable bonds is 2. The molecule has 0 radical (unpaired) electrons. The van der Waals surface area contributed by atoms with Gasteiger partial charge in [0.2, 0.25) is 0 Å². The molecule has 1 aliphatic rings. The van der Waals surface area contributed by atoms with Crippen LogP contribution in [0.3, 0.4) is 0 Å². The second-order valence-corrected chi connectivity index (χ2v) is 5.69. The van der Waals surface area contributed by atoms with Crippen molar-refractivity contribution in [1.82, 2.24) is 0 Å². The van der Waals surface area contributed by atoms with Crippen molar-refractivity contribution < 1.29 is 9.59 Å². The van der Waals surface area contributed by atoms with Crippen molar-refractivity contribution >= 4 is 28.8 Å². The molecule has 0 spiro atoms. The molecule has 2 N–H and O–H groups in total. The first-order valence-corrected chi connectivity index (χ1v) is 7.44. The molecule has 2 amide bonds. The first-order chi connectivity index (χ1) is 11.5. The Labute approximate surface area is 139 Å². The number of carbonyl (C=O) groups excluding carboxylic acids is 2. The van der Waals surface area contributed by atoms with E-state index in [0.717, 1.165) is 11.1 Å². The largest absolute Gasteiger partial charge is 0.321 e. The van der Waals surface area contributed by atoms with Crippen LogP contribution in [0.4, 0.5) is 11.4 Å². The van der Waals surface area contributed by atoms with Crippen LogP contribution >= 0.6 is 0 Å². The van der Waals surface area contributed by atoms with Crippen molar-refractivity contribution in [3.8, 4) is 6.07 Å². The maximum Gasteiger partial charge on any atom is 0.267 e. The minimum Gasteiger partial charge on any atom is -0.321 e. The van der Waals surface area contributed by atoms with Gasteiger partial charge in [-0.25, -0.2) is 0 Å². The van der Waals surface area contributed by atoms with Crippen LogP contribution in [0.15, 0.2) is 48.0 Å². The average Bonchev–Trinajstić information content (AvgIpc) is 2.86. The third kappa shape index (κ3) is 2.77. The molecule has 5 nitrogen and oxygen atoms in total. The second-order valence-electron chi connectivity index (χ2n) is 5.69. The van der Waals surface area contributed by atoms with E-state index >= 15 is 0 Å². The van der Waals surface area contributed by atoms with Crippen LogP contribution in [0.25, 0.3) is 5.57 Å². The van der Waals surface area contributed by atoms with E-state index in [1.54, 1.807) is 24.3 Å². The van der Waals surface area contributed by atoms with Crippen LogP contribution in [-0.2, 0) is 9.59 Å². The summed E-state index contributed by atoms with van der Waals surface area (Å²) in [6.07, 6.45) is 0. The number of benzene rings is 2. The van der Waals surface area contributed by atoms with Crippen molar-refractivity contribution in [3.05, 3.63) is 64.7 Å². The molecule has 0 saturated carbocycles. The number of nitrogens with one attached hydrogen (secondary N) is 2. The second kappa shape index (κ2) is 6.01. The van der Waals surface area contributed by atoms with E-state index in [4.69, 9.17) is 0 Å². The fourth-order valence-corrected chi connectivity index (χ4v) is 2.58. The van der Waals surface area contributed by atoms with Gasteiger partial charge in [-0.15, -0.1) is 0 Å². The van der Waals surface area contributed by atoms with Crippen molar-refractivity contribution in [2.75, 3.05) is 10.6 Å². The molecular formula is C19H15N3O2. The zero-order chi connectivity index (χ0) is 17.3. The maximum atomic E-state index is 12.5. The Kier molecular flexibility index (Phi) is 3.88. The molecule has 5 heteroatoms. The van der Waals surface area contributed by atoms with Gasteiger partial charge >= 0.3 is 0 Å². The normalized spacial score (nSPS) is 14.5. The van der Waals surface area contributed by atoms with Crippen molar-refractivity contribution in [1.29, 1.82) is 5.26 Å². The van der Waals surface area contributed by atoms with E-state index in [1.165, 1.54) is 0 Å². The number of amides is 2. The lowest BCUT2D eigenvalue weighted by molar-refractivity contribution is -0.113. The Balaban J connectivity index is 2.02. The van der Waals surface area contributed by atoms with Crippen LogP contribution in [-0.4, -0.2) is 11.8 Å². The summed E-state index contributed by atoms with van der Waals surface area (Å²) in [5.41, 5.74) is 3.68. The highest BCUT2D eigenvalue weighted by Crippen LogP contribution is 2.34. The summed E-state index contributed by atoms with van der Waals surface area (Å²) in [5.74, 6) is -1.04. The number of aryl methyl sites for hydroxylation is 2. The van der Waals surface area contributed by atoms with Gasteiger partial charge in [0.1, 0.15) is 11.6 Å². The predicted molar refractivity (Wildman–Crippen MR) is 92.2 cm³/mol. The molecule has 3 rings (SSSR count). The van der Waals surface area contributed by atoms with Crippen molar-refractivity contribution in [2.45, 2.75) is 13.8 Å². The van der Waals surface area contributed by atoms with Gasteiger partial charge in [-0.2, -0.15) is 5.26 Å². The molecule has 2 aromatic carbocycles. The lowest BCUT2D eigenvalue weighted by Crippen LogP contribution is -2.17. The minimum atomic E-state index is -0.596. The highest BCUT2D eigenvalue weighted by atomic mass is 16.2. The van der Waals surface area contributed by atoms with E-state index in [-0.39, 0.29) is 11.1 Å². The van der Waals surface area contributed by atoms with E-state index in [2.05, 4.69) is 10.6 Å². The summed E-state index contributed by atoms with van der Waals surface area (Å²) >= 11 is 0. The predicted octanol–water partition coefficient (Wildman–Crippen LogP) is 3.17. The summed E-state index contributed by atoms with van der Waals surface area (Å²) in [7, 11) is 0. The van der Waals surface area contributed by atoms with Gasteiger partial charge in [0, 0.05) is 16.9 Å². The van der Waals surface area contributed by atoms with Crippen LogP contribution in [0.5, 0.6) is 0 Å². The van der Waals surface area contributed by atoms with Gasteiger partial charge in [-0.05, 0) is 38.1 Å². The molecule has 24 heavy (non-hydrogen) atoms. The van der Waals surface area contributed by atoms with E-state index in [9.17, 15) is 14.9 Å². The molecule has 118 valence electrons. The van der Waals surface area contributed by atoms with Gasteiger partial charge in [0.15, 0.2) is 0 Å². The Morgan fingerprint density at radius 2 is 1.75 bits per heavy atom. The third-order valence-electron chi connectivity index (χ3n) is 3.82. The summed E-state index contributed by atoms with van der Waals surface area (Å²) in [6, 6.07) is 14.5. The lowest BCUT2D eigenvalue weighted by Gasteiger charge is -2.07. The molecule has 0 bridgehead atoms. The third-order valence-corrected chi connectivity index (χ3v) is 3.82. The van der Waals surface area contributed by atoms with Gasteiger partial charge in [0.25, 0.3) is 11.8 Å². The van der Waals surface area contributed by atoms with E-state index in [1.807, 2.05) is 38.1 Å². The van der Waals surface area contributed by atoms with Crippen molar-refractivity contribution in [3.63, 3.8) is 0 Å². The zero-order valence-electron chi connectivity index (χ0n) is 13.3. The molecule has 0 aromatic heterocycles. The minimum absolute atomic E-state index is 0.112.